The van der Waals surface area contributed by atoms with Crippen LogP contribution in [-0.2, 0) is 9.53 Å². The highest BCUT2D eigenvalue weighted by Crippen LogP contribution is 2.34. The molecular formula is C13H17N5O4S. The van der Waals surface area contributed by atoms with Gasteiger partial charge in [0.15, 0.2) is 11.9 Å². The molecular weight excluding hydrogens is 322 g/mol. The molecule has 1 fully saturated rings. The fraction of sp³-hybridized carbons (Fsp3) is 0.538. The van der Waals surface area contributed by atoms with Crippen molar-refractivity contribution in [3.63, 3.8) is 0 Å². The number of imidazole rings is 1. The second kappa shape index (κ2) is 6.40. The van der Waals surface area contributed by atoms with E-state index in [2.05, 4.69) is 15.0 Å². The van der Waals surface area contributed by atoms with E-state index in [0.29, 0.717) is 16.2 Å². The summed E-state index contributed by atoms with van der Waals surface area (Å²) in [5, 5.41) is 21.1. The Morgan fingerprint density at radius 1 is 1.39 bits per heavy atom. The summed E-state index contributed by atoms with van der Waals surface area (Å²) in [4.78, 5) is 23.5. The van der Waals surface area contributed by atoms with Crippen LogP contribution in [0.4, 0.5) is 0 Å². The van der Waals surface area contributed by atoms with Gasteiger partial charge in [0, 0.05) is 6.42 Å². The summed E-state index contributed by atoms with van der Waals surface area (Å²) in [6.45, 7) is 0. The zero-order valence-corrected chi connectivity index (χ0v) is 13.2. The van der Waals surface area contributed by atoms with Crippen LogP contribution in [0.2, 0.25) is 0 Å². The Balaban J connectivity index is 1.88. The van der Waals surface area contributed by atoms with Gasteiger partial charge in [-0.25, -0.2) is 15.0 Å². The second-order valence-corrected chi connectivity index (χ2v) is 6.05. The summed E-state index contributed by atoms with van der Waals surface area (Å²) in [7, 11) is 0. The van der Waals surface area contributed by atoms with Gasteiger partial charge in [0.1, 0.15) is 29.1 Å². The summed E-state index contributed by atoms with van der Waals surface area (Å²) >= 11 is 1.44. The van der Waals surface area contributed by atoms with Crippen LogP contribution in [0, 0.1) is 0 Å². The first-order chi connectivity index (χ1) is 11.0. The maximum atomic E-state index is 10.9. The molecule has 0 aromatic carbocycles. The molecule has 9 nitrogen and oxygen atoms in total. The van der Waals surface area contributed by atoms with Gasteiger partial charge in [-0.2, -0.15) is 0 Å². The molecule has 1 aliphatic rings. The van der Waals surface area contributed by atoms with Crippen molar-refractivity contribution in [1.82, 2.24) is 19.5 Å². The van der Waals surface area contributed by atoms with Gasteiger partial charge >= 0.3 is 0 Å². The van der Waals surface area contributed by atoms with Crippen molar-refractivity contribution in [3.05, 3.63) is 12.7 Å². The number of aliphatic hydroxyl groups is 2. The molecule has 1 saturated heterocycles. The van der Waals surface area contributed by atoms with E-state index >= 15 is 0 Å². The molecule has 3 rings (SSSR count). The number of hydrogen-bond donors (Lipinski definition) is 3. The predicted octanol–water partition coefficient (Wildman–Crippen LogP) is -0.567. The summed E-state index contributed by atoms with van der Waals surface area (Å²) in [6.07, 6.45) is 1.32. The highest BCUT2D eigenvalue weighted by Gasteiger charge is 2.44. The topological polar surface area (TPSA) is 136 Å². The summed E-state index contributed by atoms with van der Waals surface area (Å²) in [5.41, 5.74) is 6.23. The Morgan fingerprint density at radius 2 is 2.17 bits per heavy atom. The quantitative estimate of drug-likeness (QED) is 0.487. The van der Waals surface area contributed by atoms with E-state index in [9.17, 15) is 15.0 Å². The zero-order chi connectivity index (χ0) is 16.6. The summed E-state index contributed by atoms with van der Waals surface area (Å²) < 4.78 is 7.27. The average Bonchev–Trinajstić information content (AvgIpc) is 3.08. The number of hydrogen-bond acceptors (Lipinski definition) is 8. The van der Waals surface area contributed by atoms with Crippen LogP contribution in [0.15, 0.2) is 17.7 Å². The van der Waals surface area contributed by atoms with Gasteiger partial charge in [-0.05, 0) is 12.7 Å². The number of aliphatic hydroxyl groups excluding tert-OH is 2. The van der Waals surface area contributed by atoms with E-state index in [4.69, 9.17) is 10.5 Å². The highest BCUT2D eigenvalue weighted by atomic mass is 32.2. The molecule has 0 aliphatic carbocycles. The van der Waals surface area contributed by atoms with Crippen molar-refractivity contribution >= 4 is 28.8 Å². The number of rotatable bonds is 5. The van der Waals surface area contributed by atoms with Gasteiger partial charge in [0.25, 0.3) is 0 Å². The molecule has 0 bridgehead atoms. The molecule has 2 aromatic rings. The van der Waals surface area contributed by atoms with Crippen LogP contribution in [0.5, 0.6) is 0 Å². The van der Waals surface area contributed by atoms with Gasteiger partial charge in [-0.1, -0.05) is 0 Å². The zero-order valence-electron chi connectivity index (χ0n) is 12.4. The van der Waals surface area contributed by atoms with E-state index in [1.807, 2.05) is 6.26 Å². The molecule has 1 amide bonds. The fourth-order valence-electron chi connectivity index (χ4n) is 2.65. The normalized spacial score (nSPS) is 27.6. The first-order valence-corrected chi connectivity index (χ1v) is 8.26. The van der Waals surface area contributed by atoms with Crippen LogP contribution in [0.25, 0.3) is 11.2 Å². The average molecular weight is 339 g/mol. The Kier molecular flexibility index (Phi) is 4.48. The SMILES string of the molecule is CSc1ncnc2c1ncn2[C@@H]1O[C@H](CCC(N)=O)[C@@H](O)[C@H]1O. The molecule has 4 atom stereocenters. The van der Waals surface area contributed by atoms with Gasteiger partial charge < -0.3 is 20.7 Å². The van der Waals surface area contributed by atoms with Crippen molar-refractivity contribution in [2.24, 2.45) is 5.73 Å². The number of carbonyl (C=O) groups is 1. The van der Waals surface area contributed by atoms with E-state index in [1.54, 1.807) is 4.57 Å². The number of fused-ring (bicyclic) bond motifs is 1. The molecule has 0 spiro atoms. The number of nitrogens with two attached hydrogens (primary N) is 1. The minimum Gasteiger partial charge on any atom is -0.388 e. The van der Waals surface area contributed by atoms with Crippen LogP contribution in [0.1, 0.15) is 19.1 Å². The first-order valence-electron chi connectivity index (χ1n) is 7.04. The van der Waals surface area contributed by atoms with E-state index in [0.717, 1.165) is 0 Å². The lowest BCUT2D eigenvalue weighted by atomic mass is 10.1. The van der Waals surface area contributed by atoms with Gasteiger partial charge in [-0.15, -0.1) is 11.8 Å². The van der Waals surface area contributed by atoms with Crippen LogP contribution in [0.3, 0.4) is 0 Å². The molecule has 3 heterocycles. The molecule has 0 saturated carbocycles. The number of nitrogens with zero attached hydrogens (tertiary/aromatic N) is 4. The predicted molar refractivity (Wildman–Crippen MR) is 81.5 cm³/mol. The van der Waals surface area contributed by atoms with E-state index in [1.165, 1.54) is 24.4 Å². The van der Waals surface area contributed by atoms with Crippen molar-refractivity contribution in [2.75, 3.05) is 6.26 Å². The van der Waals surface area contributed by atoms with Gasteiger partial charge in [0.2, 0.25) is 5.91 Å². The molecule has 10 heteroatoms. The van der Waals surface area contributed by atoms with Crippen molar-refractivity contribution < 1.29 is 19.7 Å². The lowest BCUT2D eigenvalue weighted by Gasteiger charge is -2.16. The molecule has 2 aromatic heterocycles. The first kappa shape index (κ1) is 16.1. The maximum Gasteiger partial charge on any atom is 0.217 e. The van der Waals surface area contributed by atoms with Crippen LogP contribution in [-0.4, -0.2) is 60.2 Å². The van der Waals surface area contributed by atoms with Crippen LogP contribution >= 0.6 is 11.8 Å². The smallest absolute Gasteiger partial charge is 0.217 e. The molecule has 1 aliphatic heterocycles. The van der Waals surface area contributed by atoms with Crippen molar-refractivity contribution in [2.45, 2.75) is 42.4 Å². The molecule has 124 valence electrons. The summed E-state index contributed by atoms with van der Waals surface area (Å²) in [5.74, 6) is -0.482. The monoisotopic (exact) mass is 339 g/mol. The molecule has 4 N–H and O–H groups in total. The lowest BCUT2D eigenvalue weighted by molar-refractivity contribution is -0.119. The third-order valence-corrected chi connectivity index (χ3v) is 4.49. The minimum absolute atomic E-state index is 0.0740. The van der Waals surface area contributed by atoms with Crippen LogP contribution < -0.4 is 5.73 Å². The Bertz CT molecular complexity index is 723. The Morgan fingerprint density at radius 3 is 2.87 bits per heavy atom. The summed E-state index contributed by atoms with van der Waals surface area (Å²) in [6, 6.07) is 0. The van der Waals surface area contributed by atoms with Crippen molar-refractivity contribution in [1.29, 1.82) is 0 Å². The van der Waals surface area contributed by atoms with E-state index in [-0.39, 0.29) is 12.8 Å². The fourth-order valence-corrected chi connectivity index (χ4v) is 3.14. The largest absolute Gasteiger partial charge is 0.388 e. The third kappa shape index (κ3) is 2.90. The second-order valence-electron chi connectivity index (χ2n) is 5.26. The standard InChI is InChI=1S/C13H17N5O4S/c1-23-12-8-11(15-4-16-12)18(5-17-8)13-10(21)9(20)6(22-13)2-3-7(14)19/h4-6,9-10,13,20-21H,2-3H2,1H3,(H2,14,19)/t6-,9-,10-,13-/m1/s1. The van der Waals surface area contributed by atoms with E-state index < -0.39 is 30.4 Å². The third-order valence-electron chi connectivity index (χ3n) is 3.81. The minimum atomic E-state index is -1.15. The Hall–Kier alpha value is -1.75. The molecule has 0 unspecified atom stereocenters. The highest BCUT2D eigenvalue weighted by molar-refractivity contribution is 7.98. The number of aromatic nitrogens is 4. The number of carbonyl (C=O) groups excluding carboxylic acids is 1. The Labute approximate surface area is 135 Å². The number of thioether (sulfide) groups is 1. The molecule has 23 heavy (non-hydrogen) atoms. The number of ether oxygens (including phenoxy) is 1. The number of primary amides is 1. The van der Waals surface area contributed by atoms with Crippen molar-refractivity contribution in [3.8, 4) is 0 Å². The van der Waals surface area contributed by atoms with Gasteiger partial charge in [0.05, 0.1) is 12.4 Å². The van der Waals surface area contributed by atoms with Gasteiger partial charge in [-0.3, -0.25) is 9.36 Å². The lowest BCUT2D eigenvalue weighted by Crippen LogP contribution is -2.32. The number of amides is 1. The maximum absolute atomic E-state index is 10.9. The molecule has 0 radical (unpaired) electrons.